The molecule has 1 amide bonds. The molecule has 10 heteroatoms. The third-order valence-corrected chi connectivity index (χ3v) is 6.24. The summed E-state index contributed by atoms with van der Waals surface area (Å²) in [4.78, 5) is 30.5. The van der Waals surface area contributed by atoms with Crippen LogP contribution >= 0.6 is 23.2 Å². The average molecular weight is 497 g/mol. The fourth-order valence-electron chi connectivity index (χ4n) is 4.02. The van der Waals surface area contributed by atoms with E-state index >= 15 is 0 Å². The fourth-order valence-corrected chi connectivity index (χ4v) is 4.51. The summed E-state index contributed by atoms with van der Waals surface area (Å²) in [7, 11) is 0. The molecule has 2 heterocycles. The molecule has 172 valence electrons. The second kappa shape index (κ2) is 8.96. The van der Waals surface area contributed by atoms with Gasteiger partial charge in [0.25, 0.3) is 11.6 Å². The predicted octanol–water partition coefficient (Wildman–Crippen LogP) is 6.56. The summed E-state index contributed by atoms with van der Waals surface area (Å²) >= 11 is 12.2. The third kappa shape index (κ3) is 4.30. The van der Waals surface area contributed by atoms with Gasteiger partial charge in [-0.15, -0.1) is 0 Å². The zero-order valence-electron chi connectivity index (χ0n) is 17.8. The zero-order chi connectivity index (χ0) is 23.8. The number of carbonyl (C=O) groups is 1. The first kappa shape index (κ1) is 22.2. The van der Waals surface area contributed by atoms with Crippen LogP contribution in [-0.4, -0.2) is 28.9 Å². The van der Waals surface area contributed by atoms with Gasteiger partial charge in [-0.3, -0.25) is 14.9 Å². The second-order valence-electron chi connectivity index (χ2n) is 7.93. The van der Waals surface area contributed by atoms with Gasteiger partial charge in [-0.1, -0.05) is 23.2 Å². The van der Waals surface area contributed by atoms with Crippen LogP contribution in [-0.2, 0) is 0 Å². The van der Waals surface area contributed by atoms with Gasteiger partial charge in [-0.05, 0) is 61.4 Å². The van der Waals surface area contributed by atoms with Crippen molar-refractivity contribution in [2.75, 3.05) is 23.3 Å². The summed E-state index contributed by atoms with van der Waals surface area (Å²) in [5, 5.41) is 15.3. The molecule has 1 fully saturated rings. The number of nitrogens with one attached hydrogen (secondary N) is 1. The van der Waals surface area contributed by atoms with E-state index in [1.165, 1.54) is 6.07 Å². The van der Waals surface area contributed by atoms with Crippen molar-refractivity contribution in [3.63, 3.8) is 0 Å². The van der Waals surface area contributed by atoms with Gasteiger partial charge < -0.3 is 14.6 Å². The lowest BCUT2D eigenvalue weighted by molar-refractivity contribution is -0.384. The number of halogens is 2. The summed E-state index contributed by atoms with van der Waals surface area (Å²) in [5.41, 5.74) is 2.77. The van der Waals surface area contributed by atoms with Crippen molar-refractivity contribution in [1.29, 1.82) is 0 Å². The van der Waals surface area contributed by atoms with Crippen molar-refractivity contribution >= 4 is 57.3 Å². The Morgan fingerprint density at radius 1 is 1.06 bits per heavy atom. The Kier molecular flexibility index (Phi) is 5.85. The fraction of sp³-hybridized carbons (Fsp3) is 0.167. The molecule has 0 saturated carbocycles. The number of amides is 1. The van der Waals surface area contributed by atoms with Crippen LogP contribution in [0.5, 0.6) is 0 Å². The lowest BCUT2D eigenvalue weighted by Gasteiger charge is -2.17. The summed E-state index contributed by atoms with van der Waals surface area (Å²) < 4.78 is 5.79. The molecule has 0 radical (unpaired) electrons. The van der Waals surface area contributed by atoms with Crippen LogP contribution in [0.15, 0.2) is 59.0 Å². The maximum absolute atomic E-state index is 12.8. The van der Waals surface area contributed by atoms with E-state index in [2.05, 4.69) is 10.3 Å². The van der Waals surface area contributed by atoms with Gasteiger partial charge in [0.05, 0.1) is 15.5 Å². The molecular weight excluding hydrogens is 479 g/mol. The van der Waals surface area contributed by atoms with Gasteiger partial charge in [0, 0.05) is 35.4 Å². The highest BCUT2D eigenvalue weighted by atomic mass is 35.5. The Morgan fingerprint density at radius 3 is 2.59 bits per heavy atom. The highest BCUT2D eigenvalue weighted by Crippen LogP contribution is 2.34. The number of aromatic nitrogens is 1. The van der Waals surface area contributed by atoms with Crippen molar-refractivity contribution < 1.29 is 14.1 Å². The van der Waals surface area contributed by atoms with E-state index in [0.717, 1.165) is 25.9 Å². The maximum Gasteiger partial charge on any atom is 0.293 e. The number of nitrogens with zero attached hydrogens (tertiary/aromatic N) is 3. The summed E-state index contributed by atoms with van der Waals surface area (Å²) in [6.45, 7) is 1.54. The van der Waals surface area contributed by atoms with Gasteiger partial charge in [-0.25, -0.2) is 4.98 Å². The van der Waals surface area contributed by atoms with Crippen LogP contribution in [0.4, 0.5) is 17.1 Å². The Morgan fingerprint density at radius 2 is 1.85 bits per heavy atom. The molecule has 0 atom stereocenters. The van der Waals surface area contributed by atoms with Crippen LogP contribution < -0.4 is 10.2 Å². The summed E-state index contributed by atoms with van der Waals surface area (Å²) in [6.07, 6.45) is 1.99. The van der Waals surface area contributed by atoms with E-state index in [1.54, 1.807) is 48.5 Å². The highest BCUT2D eigenvalue weighted by Gasteiger charge is 2.24. The molecule has 8 nitrogen and oxygen atoms in total. The van der Waals surface area contributed by atoms with Crippen LogP contribution in [0.2, 0.25) is 10.0 Å². The lowest BCUT2D eigenvalue weighted by Crippen LogP contribution is -2.19. The predicted molar refractivity (Wildman–Crippen MR) is 132 cm³/mol. The van der Waals surface area contributed by atoms with E-state index in [0.29, 0.717) is 44.0 Å². The zero-order valence-corrected chi connectivity index (χ0v) is 19.3. The maximum atomic E-state index is 12.8. The molecule has 1 aromatic heterocycles. The molecular formula is C24H18Cl2N4O4. The van der Waals surface area contributed by atoms with Gasteiger partial charge in [-0.2, -0.15) is 0 Å². The number of oxazole rings is 1. The van der Waals surface area contributed by atoms with Gasteiger partial charge in [0.1, 0.15) is 11.2 Å². The largest absolute Gasteiger partial charge is 0.436 e. The number of anilines is 2. The topological polar surface area (TPSA) is 102 Å². The third-order valence-electron chi connectivity index (χ3n) is 5.69. The highest BCUT2D eigenvalue weighted by molar-refractivity contribution is 6.36. The van der Waals surface area contributed by atoms with Gasteiger partial charge in [0.15, 0.2) is 5.58 Å². The number of nitro benzene ring substituents is 1. The summed E-state index contributed by atoms with van der Waals surface area (Å²) in [5.74, 6) is -0.131. The molecule has 3 aromatic carbocycles. The molecule has 34 heavy (non-hydrogen) atoms. The van der Waals surface area contributed by atoms with Crippen LogP contribution in [0, 0.1) is 10.1 Å². The average Bonchev–Trinajstić information content (AvgIpc) is 3.48. The lowest BCUT2D eigenvalue weighted by atomic mass is 10.1. The van der Waals surface area contributed by atoms with Crippen molar-refractivity contribution in [3.05, 3.63) is 80.3 Å². The molecule has 0 bridgehead atoms. The van der Waals surface area contributed by atoms with Crippen LogP contribution in [0.3, 0.4) is 0 Å². The molecule has 1 saturated heterocycles. The monoisotopic (exact) mass is 496 g/mol. The number of fused-ring (bicyclic) bond motifs is 1. The summed E-state index contributed by atoms with van der Waals surface area (Å²) in [6, 6.07) is 14.6. The molecule has 0 aliphatic carbocycles. The van der Waals surface area contributed by atoms with E-state index in [-0.39, 0.29) is 11.3 Å². The molecule has 1 N–H and O–H groups in total. The molecule has 1 aliphatic heterocycles. The first-order valence-corrected chi connectivity index (χ1v) is 11.4. The first-order chi connectivity index (χ1) is 16.4. The molecule has 0 spiro atoms. The number of benzene rings is 3. The molecule has 5 rings (SSSR count). The molecule has 0 unspecified atom stereocenters. The van der Waals surface area contributed by atoms with E-state index < -0.39 is 10.8 Å². The van der Waals surface area contributed by atoms with Crippen molar-refractivity contribution in [2.24, 2.45) is 0 Å². The quantitative estimate of drug-likeness (QED) is 0.248. The van der Waals surface area contributed by atoms with E-state index in [1.807, 2.05) is 4.90 Å². The molecule has 4 aromatic rings. The van der Waals surface area contributed by atoms with Crippen LogP contribution in [0.1, 0.15) is 23.2 Å². The normalized spacial score (nSPS) is 13.4. The number of rotatable bonds is 5. The smallest absolute Gasteiger partial charge is 0.293 e. The Balaban J connectivity index is 1.40. The van der Waals surface area contributed by atoms with Gasteiger partial charge >= 0.3 is 0 Å². The Bertz CT molecular complexity index is 1430. The SMILES string of the molecule is O=C(Nc1ccc2oc(-c3ccc(Cl)cc3Cl)nc2c1)c1ccc(N2CCCC2)c([N+](=O)[O-])c1. The minimum atomic E-state index is -0.458. The standard InChI is InChI=1S/C24H18Cl2N4O4/c25-15-4-6-17(18(26)12-15)24-28-19-13-16(5-8-22(19)34-24)27-23(31)14-3-7-20(21(11-14)30(32)33)29-9-1-2-10-29/h3-8,11-13H,1-2,9-10H2,(H,27,31). The van der Waals surface area contributed by atoms with Crippen molar-refractivity contribution in [2.45, 2.75) is 12.8 Å². The van der Waals surface area contributed by atoms with E-state index in [4.69, 9.17) is 27.6 Å². The number of carbonyl (C=O) groups excluding carboxylic acids is 1. The Labute approximate surface area is 204 Å². The molecule has 1 aliphatic rings. The number of hydrogen-bond donors (Lipinski definition) is 1. The number of nitro groups is 1. The minimum Gasteiger partial charge on any atom is -0.436 e. The number of hydrogen-bond acceptors (Lipinski definition) is 6. The second-order valence-corrected chi connectivity index (χ2v) is 8.78. The van der Waals surface area contributed by atoms with E-state index in [9.17, 15) is 14.9 Å². The minimum absolute atomic E-state index is 0.0778. The first-order valence-electron chi connectivity index (χ1n) is 10.6. The Hall–Kier alpha value is -3.62. The van der Waals surface area contributed by atoms with Gasteiger partial charge in [0.2, 0.25) is 5.89 Å². The van der Waals surface area contributed by atoms with Crippen molar-refractivity contribution in [3.8, 4) is 11.5 Å². The van der Waals surface area contributed by atoms with Crippen LogP contribution in [0.25, 0.3) is 22.6 Å². The van der Waals surface area contributed by atoms with Crippen molar-refractivity contribution in [1.82, 2.24) is 4.98 Å².